The number of hydrogen-bond acceptors (Lipinski definition) is 5. The van der Waals surface area contributed by atoms with Crippen molar-refractivity contribution in [3.63, 3.8) is 0 Å². The van der Waals surface area contributed by atoms with Crippen molar-refractivity contribution in [3.05, 3.63) is 33.5 Å². The molecule has 0 amide bonds. The third-order valence-electron chi connectivity index (χ3n) is 1.52. The topological polar surface area (TPSA) is 96.9 Å². The largest absolute Gasteiger partial charge is 0.365 e. The molecular formula is C8H5N3O3. The smallest absolute Gasteiger partial charge is 0.358 e. The SMILES string of the molecule is CC(=O)c1cc(C#N)nc([N+](=O)[O-])c1. The van der Waals surface area contributed by atoms with Crippen LogP contribution in [0.1, 0.15) is 23.0 Å². The van der Waals surface area contributed by atoms with E-state index in [9.17, 15) is 14.9 Å². The summed E-state index contributed by atoms with van der Waals surface area (Å²) in [6.07, 6.45) is 0. The molecule has 70 valence electrons. The van der Waals surface area contributed by atoms with Gasteiger partial charge in [-0.3, -0.25) is 4.79 Å². The fourth-order valence-electron chi connectivity index (χ4n) is 0.870. The van der Waals surface area contributed by atoms with Crippen molar-refractivity contribution in [1.82, 2.24) is 4.98 Å². The van der Waals surface area contributed by atoms with E-state index in [1.165, 1.54) is 13.0 Å². The van der Waals surface area contributed by atoms with E-state index in [2.05, 4.69) is 4.98 Å². The number of nitriles is 1. The molecule has 0 aliphatic rings. The van der Waals surface area contributed by atoms with Gasteiger partial charge < -0.3 is 10.1 Å². The van der Waals surface area contributed by atoms with Gasteiger partial charge in [0.25, 0.3) is 5.69 Å². The van der Waals surface area contributed by atoms with E-state index in [1.807, 2.05) is 0 Å². The van der Waals surface area contributed by atoms with Gasteiger partial charge in [0.1, 0.15) is 6.07 Å². The summed E-state index contributed by atoms with van der Waals surface area (Å²) in [4.78, 5) is 24.0. The third-order valence-corrected chi connectivity index (χ3v) is 1.52. The molecule has 0 bridgehead atoms. The van der Waals surface area contributed by atoms with Crippen LogP contribution in [-0.2, 0) is 0 Å². The van der Waals surface area contributed by atoms with Gasteiger partial charge in [-0.05, 0) is 16.8 Å². The molecule has 1 rings (SSSR count). The van der Waals surface area contributed by atoms with Crippen LogP contribution in [0.2, 0.25) is 0 Å². The van der Waals surface area contributed by atoms with Crippen molar-refractivity contribution in [2.75, 3.05) is 0 Å². The van der Waals surface area contributed by atoms with Crippen LogP contribution in [-0.4, -0.2) is 15.7 Å². The third kappa shape index (κ3) is 1.90. The van der Waals surface area contributed by atoms with Crippen molar-refractivity contribution < 1.29 is 9.72 Å². The van der Waals surface area contributed by atoms with Crippen molar-refractivity contribution in [2.24, 2.45) is 0 Å². The summed E-state index contributed by atoms with van der Waals surface area (Å²) >= 11 is 0. The van der Waals surface area contributed by atoms with Crippen LogP contribution >= 0.6 is 0 Å². The molecule has 0 saturated heterocycles. The summed E-state index contributed by atoms with van der Waals surface area (Å²) in [7, 11) is 0. The summed E-state index contributed by atoms with van der Waals surface area (Å²) in [5.74, 6) is -0.832. The number of pyridine rings is 1. The Morgan fingerprint density at radius 2 is 2.29 bits per heavy atom. The molecule has 6 nitrogen and oxygen atoms in total. The van der Waals surface area contributed by atoms with Crippen LogP contribution in [0.15, 0.2) is 12.1 Å². The number of carbonyl (C=O) groups excluding carboxylic acids is 1. The zero-order chi connectivity index (χ0) is 10.7. The lowest BCUT2D eigenvalue weighted by atomic mass is 10.1. The predicted octanol–water partition coefficient (Wildman–Crippen LogP) is 1.06. The zero-order valence-electron chi connectivity index (χ0n) is 7.22. The number of Topliss-reactive ketones (excluding diaryl/α,β-unsaturated/α-hetero) is 1. The number of hydrogen-bond donors (Lipinski definition) is 0. The van der Waals surface area contributed by atoms with Gasteiger partial charge in [-0.1, -0.05) is 0 Å². The molecule has 0 atom stereocenters. The standard InChI is InChI=1S/C8H5N3O3/c1-5(12)6-2-7(4-9)10-8(3-6)11(13)14/h2-3H,1H3. The minimum Gasteiger partial charge on any atom is -0.358 e. The number of rotatable bonds is 2. The van der Waals surface area contributed by atoms with Crippen LogP contribution in [0, 0.1) is 21.4 Å². The van der Waals surface area contributed by atoms with Crippen molar-refractivity contribution in [3.8, 4) is 6.07 Å². The summed E-state index contributed by atoms with van der Waals surface area (Å²) in [6, 6.07) is 3.91. The Morgan fingerprint density at radius 3 is 2.71 bits per heavy atom. The first-order chi connectivity index (χ1) is 6.54. The Hall–Kier alpha value is -2.29. The van der Waals surface area contributed by atoms with Crippen LogP contribution < -0.4 is 0 Å². The van der Waals surface area contributed by atoms with E-state index in [4.69, 9.17) is 5.26 Å². The summed E-state index contributed by atoms with van der Waals surface area (Å²) in [5, 5.41) is 18.9. The molecule has 0 aromatic carbocycles. The number of nitrogens with zero attached hydrogens (tertiary/aromatic N) is 3. The molecule has 0 radical (unpaired) electrons. The highest BCUT2D eigenvalue weighted by atomic mass is 16.6. The fraction of sp³-hybridized carbons (Fsp3) is 0.125. The maximum atomic E-state index is 10.9. The molecule has 0 aliphatic carbocycles. The van der Waals surface area contributed by atoms with Gasteiger partial charge in [-0.15, -0.1) is 0 Å². The molecule has 0 fully saturated rings. The first-order valence-corrected chi connectivity index (χ1v) is 3.62. The Morgan fingerprint density at radius 1 is 1.64 bits per heavy atom. The highest BCUT2D eigenvalue weighted by molar-refractivity contribution is 5.94. The number of carbonyl (C=O) groups is 1. The quantitative estimate of drug-likeness (QED) is 0.395. The average Bonchev–Trinajstić information content (AvgIpc) is 2.16. The second kappa shape index (κ2) is 3.62. The van der Waals surface area contributed by atoms with E-state index >= 15 is 0 Å². The molecule has 0 unspecified atom stereocenters. The predicted molar refractivity (Wildman–Crippen MR) is 45.6 cm³/mol. The summed E-state index contributed by atoms with van der Waals surface area (Å²) in [5.41, 5.74) is -0.0207. The second-order valence-corrected chi connectivity index (χ2v) is 2.52. The van der Waals surface area contributed by atoms with Gasteiger partial charge in [0, 0.05) is 17.7 Å². The first-order valence-electron chi connectivity index (χ1n) is 3.62. The molecular weight excluding hydrogens is 186 g/mol. The first kappa shape index (κ1) is 9.80. The molecule has 0 saturated carbocycles. The minimum atomic E-state index is -0.743. The van der Waals surface area contributed by atoms with E-state index in [0.717, 1.165) is 6.07 Å². The molecule has 0 N–H and O–H groups in total. The number of ketones is 1. The van der Waals surface area contributed by atoms with E-state index in [1.54, 1.807) is 6.07 Å². The lowest BCUT2D eigenvalue weighted by molar-refractivity contribution is -0.389. The maximum absolute atomic E-state index is 10.9. The minimum absolute atomic E-state index is 0.114. The summed E-state index contributed by atoms with van der Waals surface area (Å²) in [6.45, 7) is 1.26. The van der Waals surface area contributed by atoms with Crippen molar-refractivity contribution in [1.29, 1.82) is 5.26 Å². The van der Waals surface area contributed by atoms with Crippen molar-refractivity contribution in [2.45, 2.75) is 6.92 Å². The fourth-order valence-corrected chi connectivity index (χ4v) is 0.870. The average molecular weight is 191 g/mol. The monoisotopic (exact) mass is 191 g/mol. The molecule has 14 heavy (non-hydrogen) atoms. The Bertz CT molecular complexity index is 415. The molecule has 1 aromatic rings. The Kier molecular flexibility index (Phi) is 2.53. The Labute approximate surface area is 79.0 Å². The van der Waals surface area contributed by atoms with E-state index in [0.29, 0.717) is 0 Å². The zero-order valence-corrected chi connectivity index (χ0v) is 7.22. The van der Waals surface area contributed by atoms with E-state index < -0.39 is 10.7 Å². The number of nitro groups is 1. The number of aromatic nitrogens is 1. The highest BCUT2D eigenvalue weighted by Gasteiger charge is 2.14. The van der Waals surface area contributed by atoms with Gasteiger partial charge in [0.05, 0.1) is 0 Å². The van der Waals surface area contributed by atoms with Crippen LogP contribution in [0.4, 0.5) is 5.82 Å². The van der Waals surface area contributed by atoms with Gasteiger partial charge in [-0.25, -0.2) is 0 Å². The second-order valence-electron chi connectivity index (χ2n) is 2.52. The maximum Gasteiger partial charge on any atom is 0.365 e. The molecule has 1 aromatic heterocycles. The van der Waals surface area contributed by atoms with Gasteiger partial charge in [0.15, 0.2) is 5.78 Å². The highest BCUT2D eigenvalue weighted by Crippen LogP contribution is 2.12. The van der Waals surface area contributed by atoms with Crippen LogP contribution in [0.5, 0.6) is 0 Å². The van der Waals surface area contributed by atoms with Gasteiger partial charge in [0.2, 0.25) is 0 Å². The summed E-state index contributed by atoms with van der Waals surface area (Å²) < 4.78 is 0. The van der Waals surface area contributed by atoms with Crippen molar-refractivity contribution >= 4 is 11.6 Å². The molecule has 0 aliphatic heterocycles. The van der Waals surface area contributed by atoms with Crippen LogP contribution in [0.3, 0.4) is 0 Å². The lowest BCUT2D eigenvalue weighted by Gasteiger charge is -1.95. The molecule has 0 spiro atoms. The normalized spacial score (nSPS) is 9.14. The molecule has 6 heteroatoms. The van der Waals surface area contributed by atoms with Gasteiger partial charge >= 0.3 is 5.82 Å². The van der Waals surface area contributed by atoms with Gasteiger partial charge in [-0.2, -0.15) is 5.26 Å². The van der Waals surface area contributed by atoms with Crippen LogP contribution in [0.25, 0.3) is 0 Å². The molecule has 1 heterocycles. The Balaban J connectivity index is 3.36. The lowest BCUT2D eigenvalue weighted by Crippen LogP contribution is -2.00. The van der Waals surface area contributed by atoms with E-state index in [-0.39, 0.29) is 17.0 Å².